The lowest BCUT2D eigenvalue weighted by Crippen LogP contribution is -2.11. The van der Waals surface area contributed by atoms with Gasteiger partial charge in [-0.3, -0.25) is 0 Å². The molecule has 80 valence electrons. The molecule has 2 heteroatoms. The summed E-state index contributed by atoms with van der Waals surface area (Å²) in [6, 6.07) is 0. The summed E-state index contributed by atoms with van der Waals surface area (Å²) in [5.74, 6) is 1.57. The lowest BCUT2D eigenvalue weighted by atomic mass is 9.97. The van der Waals surface area contributed by atoms with Crippen molar-refractivity contribution in [3.63, 3.8) is 0 Å². The van der Waals surface area contributed by atoms with Crippen molar-refractivity contribution in [1.82, 2.24) is 4.98 Å². The maximum absolute atomic E-state index is 5.45. The van der Waals surface area contributed by atoms with Crippen LogP contribution in [0.4, 0.5) is 0 Å². The van der Waals surface area contributed by atoms with Crippen LogP contribution < -0.4 is 0 Å². The number of aryl methyl sites for hydroxylation is 1. The first-order valence-corrected chi connectivity index (χ1v) is 5.34. The van der Waals surface area contributed by atoms with Crippen LogP contribution in [0.25, 0.3) is 0 Å². The largest absolute Gasteiger partial charge is 0.448 e. The second-order valence-electron chi connectivity index (χ2n) is 5.33. The fourth-order valence-electron chi connectivity index (χ4n) is 1.20. The van der Waals surface area contributed by atoms with Gasteiger partial charge in [0.05, 0.1) is 5.69 Å². The average Bonchev–Trinajstić information content (AvgIpc) is 2.47. The number of hydrogen-bond acceptors (Lipinski definition) is 2. The van der Waals surface area contributed by atoms with Crippen LogP contribution in [0.1, 0.15) is 52.6 Å². The molecule has 0 aliphatic heterocycles. The Hall–Kier alpha value is -0.790. The molecule has 0 fully saturated rings. The minimum absolute atomic E-state index is 0.0239. The van der Waals surface area contributed by atoms with Gasteiger partial charge in [-0.15, -0.1) is 0 Å². The Bertz CT molecular complexity index is 281. The van der Waals surface area contributed by atoms with Crippen molar-refractivity contribution in [1.29, 1.82) is 0 Å². The number of nitrogens with zero attached hydrogens (tertiary/aromatic N) is 1. The second kappa shape index (κ2) is 4.16. The predicted octanol–water partition coefficient (Wildman–Crippen LogP) is 3.56. The monoisotopic (exact) mass is 195 g/mol. The zero-order valence-electron chi connectivity index (χ0n) is 9.92. The van der Waals surface area contributed by atoms with E-state index in [-0.39, 0.29) is 5.41 Å². The molecule has 0 atom stereocenters. The van der Waals surface area contributed by atoms with Crippen LogP contribution in [0, 0.1) is 5.92 Å². The first-order chi connectivity index (χ1) is 6.39. The van der Waals surface area contributed by atoms with Crippen LogP contribution >= 0.6 is 0 Å². The summed E-state index contributed by atoms with van der Waals surface area (Å²) in [5, 5.41) is 0. The highest BCUT2D eigenvalue weighted by atomic mass is 16.3. The van der Waals surface area contributed by atoms with E-state index < -0.39 is 0 Å². The fraction of sp³-hybridized carbons (Fsp3) is 0.750. The molecule has 0 amide bonds. The van der Waals surface area contributed by atoms with Gasteiger partial charge in [-0.05, 0) is 18.8 Å². The van der Waals surface area contributed by atoms with Gasteiger partial charge in [0.15, 0.2) is 5.89 Å². The summed E-state index contributed by atoms with van der Waals surface area (Å²) in [6.07, 6.45) is 4.00. The Kier molecular flexibility index (Phi) is 3.35. The molecule has 0 unspecified atom stereocenters. The Morgan fingerprint density at radius 2 is 2.00 bits per heavy atom. The molecule has 0 saturated heterocycles. The smallest absolute Gasteiger partial charge is 0.199 e. The van der Waals surface area contributed by atoms with Crippen LogP contribution in [-0.4, -0.2) is 4.98 Å². The molecule has 0 aromatic carbocycles. The molecule has 0 aliphatic carbocycles. The highest BCUT2D eigenvalue weighted by Gasteiger charge is 2.19. The van der Waals surface area contributed by atoms with Crippen LogP contribution in [0.15, 0.2) is 10.7 Å². The van der Waals surface area contributed by atoms with Gasteiger partial charge in [0.25, 0.3) is 0 Å². The Morgan fingerprint density at radius 1 is 1.36 bits per heavy atom. The molecular formula is C12H21NO. The van der Waals surface area contributed by atoms with E-state index in [0.717, 1.165) is 23.9 Å². The molecule has 0 bridgehead atoms. The van der Waals surface area contributed by atoms with E-state index in [2.05, 4.69) is 39.6 Å². The molecule has 2 nitrogen and oxygen atoms in total. The molecule has 14 heavy (non-hydrogen) atoms. The van der Waals surface area contributed by atoms with E-state index in [0.29, 0.717) is 0 Å². The van der Waals surface area contributed by atoms with Gasteiger partial charge in [-0.2, -0.15) is 0 Å². The topological polar surface area (TPSA) is 26.0 Å². The van der Waals surface area contributed by atoms with Gasteiger partial charge in [-0.1, -0.05) is 34.6 Å². The molecule has 0 aliphatic rings. The Labute approximate surface area is 86.7 Å². The summed E-state index contributed by atoms with van der Waals surface area (Å²) < 4.78 is 5.45. The molecule has 0 spiro atoms. The van der Waals surface area contributed by atoms with E-state index in [9.17, 15) is 0 Å². The maximum atomic E-state index is 5.45. The maximum Gasteiger partial charge on any atom is 0.199 e. The third-order valence-corrected chi connectivity index (χ3v) is 2.17. The van der Waals surface area contributed by atoms with Crippen molar-refractivity contribution in [3.8, 4) is 0 Å². The van der Waals surface area contributed by atoms with Crippen LogP contribution in [0.3, 0.4) is 0 Å². The Morgan fingerprint density at radius 3 is 2.43 bits per heavy atom. The van der Waals surface area contributed by atoms with Crippen LogP contribution in [0.2, 0.25) is 0 Å². The summed E-state index contributed by atoms with van der Waals surface area (Å²) in [4.78, 5) is 4.49. The third-order valence-electron chi connectivity index (χ3n) is 2.17. The normalized spacial score (nSPS) is 12.4. The number of hydrogen-bond donors (Lipinski definition) is 0. The fourth-order valence-corrected chi connectivity index (χ4v) is 1.20. The summed E-state index contributed by atoms with van der Waals surface area (Å²) >= 11 is 0. The third kappa shape index (κ3) is 3.17. The standard InChI is InChI=1S/C12H21NO/c1-9(2)6-7-10-8-14-11(13-10)12(3,4)5/h8-9H,6-7H2,1-5H3. The Balaban J connectivity index is 2.60. The van der Waals surface area contributed by atoms with Gasteiger partial charge in [0.1, 0.15) is 6.26 Å². The van der Waals surface area contributed by atoms with Gasteiger partial charge >= 0.3 is 0 Å². The van der Waals surface area contributed by atoms with Crippen molar-refractivity contribution >= 4 is 0 Å². The summed E-state index contributed by atoms with van der Waals surface area (Å²) in [7, 11) is 0. The molecule has 1 aromatic heterocycles. The zero-order valence-corrected chi connectivity index (χ0v) is 9.92. The van der Waals surface area contributed by atoms with Crippen molar-refractivity contribution in [2.24, 2.45) is 5.92 Å². The number of oxazole rings is 1. The first-order valence-electron chi connectivity index (χ1n) is 5.34. The molecule has 0 saturated carbocycles. The van der Waals surface area contributed by atoms with Gasteiger partial charge < -0.3 is 4.42 Å². The average molecular weight is 195 g/mol. The number of rotatable bonds is 3. The summed E-state index contributed by atoms with van der Waals surface area (Å²) in [5.41, 5.74) is 1.11. The highest BCUT2D eigenvalue weighted by Crippen LogP contribution is 2.21. The first kappa shape index (κ1) is 11.3. The predicted molar refractivity (Wildman–Crippen MR) is 58.4 cm³/mol. The van der Waals surface area contributed by atoms with Crippen molar-refractivity contribution in [2.45, 2.75) is 52.9 Å². The second-order valence-corrected chi connectivity index (χ2v) is 5.33. The van der Waals surface area contributed by atoms with Crippen molar-refractivity contribution in [2.75, 3.05) is 0 Å². The van der Waals surface area contributed by atoms with Gasteiger partial charge in [0, 0.05) is 5.41 Å². The molecule has 0 N–H and O–H groups in total. The van der Waals surface area contributed by atoms with Crippen LogP contribution in [0.5, 0.6) is 0 Å². The molecule has 0 radical (unpaired) electrons. The van der Waals surface area contributed by atoms with Gasteiger partial charge in [0.2, 0.25) is 0 Å². The lowest BCUT2D eigenvalue weighted by molar-refractivity contribution is 0.392. The van der Waals surface area contributed by atoms with Crippen molar-refractivity contribution < 1.29 is 4.42 Å². The van der Waals surface area contributed by atoms with E-state index in [1.54, 1.807) is 6.26 Å². The van der Waals surface area contributed by atoms with E-state index in [1.165, 1.54) is 6.42 Å². The van der Waals surface area contributed by atoms with E-state index in [1.807, 2.05) is 0 Å². The lowest BCUT2D eigenvalue weighted by Gasteiger charge is -2.11. The van der Waals surface area contributed by atoms with Crippen LogP contribution in [-0.2, 0) is 11.8 Å². The molecule has 1 aromatic rings. The highest BCUT2D eigenvalue weighted by molar-refractivity contribution is 5.04. The summed E-state index contributed by atoms with van der Waals surface area (Å²) in [6.45, 7) is 10.8. The molecule has 1 rings (SSSR count). The number of aromatic nitrogens is 1. The van der Waals surface area contributed by atoms with E-state index in [4.69, 9.17) is 4.42 Å². The minimum atomic E-state index is 0.0239. The minimum Gasteiger partial charge on any atom is -0.448 e. The quantitative estimate of drug-likeness (QED) is 0.737. The zero-order chi connectivity index (χ0) is 10.8. The molecular weight excluding hydrogens is 174 g/mol. The van der Waals surface area contributed by atoms with E-state index >= 15 is 0 Å². The molecule has 1 heterocycles. The van der Waals surface area contributed by atoms with Gasteiger partial charge in [-0.25, -0.2) is 4.98 Å². The van der Waals surface area contributed by atoms with Crippen molar-refractivity contribution in [3.05, 3.63) is 17.8 Å². The SMILES string of the molecule is CC(C)CCc1coc(C(C)(C)C)n1.